The van der Waals surface area contributed by atoms with Crippen molar-refractivity contribution in [2.45, 2.75) is 18.2 Å². The van der Waals surface area contributed by atoms with Crippen LogP contribution in [0.4, 0.5) is 4.39 Å². The van der Waals surface area contributed by atoms with E-state index in [-0.39, 0.29) is 5.57 Å². The van der Waals surface area contributed by atoms with Crippen LogP contribution in [0.25, 0.3) is 0 Å². The van der Waals surface area contributed by atoms with Gasteiger partial charge in [0.2, 0.25) is 5.82 Å². The molecule has 0 fully saturated rings. The van der Waals surface area contributed by atoms with Crippen LogP contribution in [0.3, 0.4) is 0 Å². The highest BCUT2D eigenvalue weighted by atomic mass is 19.1. The number of aromatic nitrogens is 2. The van der Waals surface area contributed by atoms with E-state index >= 15 is 0 Å². The fourth-order valence-corrected chi connectivity index (χ4v) is 1.90. The Morgan fingerprint density at radius 2 is 2.06 bits per heavy atom. The first-order chi connectivity index (χ1) is 8.45. The highest BCUT2D eigenvalue weighted by Gasteiger charge is 2.36. The number of H-pyrrole nitrogens is 1. The van der Waals surface area contributed by atoms with Gasteiger partial charge in [-0.1, -0.05) is 6.08 Å². The van der Waals surface area contributed by atoms with Gasteiger partial charge in [0.15, 0.2) is 0 Å². The first-order valence-electron chi connectivity index (χ1n) is 5.14. The number of hydrogen-bond acceptors (Lipinski definition) is 5. The normalized spacial score (nSPS) is 27.3. The van der Waals surface area contributed by atoms with Crippen molar-refractivity contribution in [1.29, 1.82) is 0 Å². The van der Waals surface area contributed by atoms with Gasteiger partial charge in [0.25, 0.3) is 5.56 Å². The fourth-order valence-electron chi connectivity index (χ4n) is 1.90. The molecule has 1 aromatic rings. The fraction of sp³-hybridized carbons (Fsp3) is 0.400. The summed E-state index contributed by atoms with van der Waals surface area (Å²) in [5.74, 6) is -1.18. The minimum atomic E-state index is -1.39. The third-order valence-corrected chi connectivity index (χ3v) is 2.87. The Morgan fingerprint density at radius 1 is 1.39 bits per heavy atom. The summed E-state index contributed by atoms with van der Waals surface area (Å²) in [4.78, 5) is 24.1. The number of nitrogens with zero attached hydrogens (tertiary/aromatic N) is 1. The first kappa shape index (κ1) is 12.7. The quantitative estimate of drug-likeness (QED) is 0.452. The van der Waals surface area contributed by atoms with Crippen LogP contribution >= 0.6 is 0 Å². The van der Waals surface area contributed by atoms with Crippen molar-refractivity contribution in [3.8, 4) is 0 Å². The molecule has 7 nitrogen and oxygen atoms in total. The predicted molar refractivity (Wildman–Crippen MR) is 57.5 cm³/mol. The summed E-state index contributed by atoms with van der Waals surface area (Å²) in [7, 11) is 0. The lowest BCUT2D eigenvalue weighted by Gasteiger charge is -2.18. The van der Waals surface area contributed by atoms with Crippen LogP contribution in [0.2, 0.25) is 0 Å². The van der Waals surface area contributed by atoms with Gasteiger partial charge in [0.05, 0.1) is 18.8 Å². The van der Waals surface area contributed by atoms with E-state index in [9.17, 15) is 24.2 Å². The molecule has 98 valence electrons. The summed E-state index contributed by atoms with van der Waals surface area (Å²) in [5, 5.41) is 28.2. The molecule has 0 saturated carbocycles. The summed E-state index contributed by atoms with van der Waals surface area (Å²) in [6, 6.07) is -1.04. The minimum absolute atomic E-state index is 0.131. The Bertz CT molecular complexity index is 605. The highest BCUT2D eigenvalue weighted by Crippen LogP contribution is 2.27. The molecule has 2 rings (SSSR count). The monoisotopic (exact) mass is 258 g/mol. The molecular weight excluding hydrogens is 247 g/mol. The van der Waals surface area contributed by atoms with Crippen molar-refractivity contribution in [2.24, 2.45) is 0 Å². The summed E-state index contributed by atoms with van der Waals surface area (Å²) in [6.45, 7) is -0.491. The standard InChI is InChI=1S/C10H11FN2O5/c11-5-2-13(10(18)12-9(5)17)6-1-4(3-14)7(15)8(6)16/h1-2,6-8,14-16H,3H2,(H,12,17,18)/t6-,7-,8+/m0/s1. The Balaban J connectivity index is 2.51. The molecule has 4 N–H and O–H groups in total. The zero-order valence-corrected chi connectivity index (χ0v) is 9.08. The maximum absolute atomic E-state index is 13.1. The van der Waals surface area contributed by atoms with E-state index in [1.54, 1.807) is 4.98 Å². The maximum atomic E-state index is 13.1. The molecule has 1 aliphatic carbocycles. The Morgan fingerprint density at radius 3 is 2.61 bits per heavy atom. The second kappa shape index (κ2) is 4.48. The molecule has 0 unspecified atom stereocenters. The molecule has 0 bridgehead atoms. The van der Waals surface area contributed by atoms with Gasteiger partial charge in [-0.25, -0.2) is 4.79 Å². The van der Waals surface area contributed by atoms with E-state index in [2.05, 4.69) is 0 Å². The van der Waals surface area contributed by atoms with Crippen LogP contribution < -0.4 is 11.2 Å². The smallest absolute Gasteiger partial charge is 0.329 e. The maximum Gasteiger partial charge on any atom is 0.329 e. The van der Waals surface area contributed by atoms with Gasteiger partial charge in [-0.05, 0) is 5.57 Å². The lowest BCUT2D eigenvalue weighted by atomic mass is 10.1. The predicted octanol–water partition coefficient (Wildman–Crippen LogP) is -2.13. The van der Waals surface area contributed by atoms with E-state index < -0.39 is 41.9 Å². The molecule has 1 aromatic heterocycles. The lowest BCUT2D eigenvalue weighted by molar-refractivity contribution is 0.0269. The number of halogens is 1. The zero-order chi connectivity index (χ0) is 13.4. The van der Waals surface area contributed by atoms with Crippen molar-refractivity contribution in [3.63, 3.8) is 0 Å². The van der Waals surface area contributed by atoms with E-state index in [0.29, 0.717) is 6.20 Å². The average Bonchev–Trinajstić information content (AvgIpc) is 2.61. The van der Waals surface area contributed by atoms with Gasteiger partial charge in [0.1, 0.15) is 12.2 Å². The van der Waals surface area contributed by atoms with Crippen molar-refractivity contribution in [3.05, 3.63) is 44.5 Å². The molecule has 3 atom stereocenters. The van der Waals surface area contributed by atoms with Gasteiger partial charge < -0.3 is 15.3 Å². The van der Waals surface area contributed by atoms with Gasteiger partial charge in [0, 0.05) is 0 Å². The summed E-state index contributed by atoms with van der Waals surface area (Å²) < 4.78 is 13.9. The first-order valence-corrected chi connectivity index (χ1v) is 5.14. The summed E-state index contributed by atoms with van der Waals surface area (Å²) in [5.41, 5.74) is -1.94. The number of aliphatic hydroxyl groups is 3. The Hall–Kier alpha value is -1.77. The Labute approximate surface area is 99.4 Å². The van der Waals surface area contributed by atoms with E-state index in [4.69, 9.17) is 5.11 Å². The highest BCUT2D eigenvalue weighted by molar-refractivity contribution is 5.23. The molecule has 18 heavy (non-hydrogen) atoms. The van der Waals surface area contributed by atoms with Gasteiger partial charge in [-0.3, -0.25) is 14.3 Å². The molecule has 0 saturated heterocycles. The molecule has 0 radical (unpaired) electrons. The van der Waals surface area contributed by atoms with Crippen molar-refractivity contribution < 1.29 is 19.7 Å². The van der Waals surface area contributed by atoms with Gasteiger partial charge in [-0.2, -0.15) is 4.39 Å². The second-order valence-electron chi connectivity index (χ2n) is 3.97. The summed E-state index contributed by atoms with van der Waals surface area (Å²) >= 11 is 0. The molecule has 0 spiro atoms. The van der Waals surface area contributed by atoms with Crippen molar-refractivity contribution >= 4 is 0 Å². The number of aliphatic hydroxyl groups excluding tert-OH is 3. The molecule has 1 heterocycles. The minimum Gasteiger partial charge on any atom is -0.392 e. The van der Waals surface area contributed by atoms with Crippen LogP contribution in [0.15, 0.2) is 27.4 Å². The SMILES string of the molecule is O=c1[nH]c(=O)n([C@H]2C=C(CO)[C@H](O)[C@@H]2O)cc1F. The van der Waals surface area contributed by atoms with Crippen LogP contribution in [-0.2, 0) is 0 Å². The lowest BCUT2D eigenvalue weighted by Crippen LogP contribution is -2.38. The van der Waals surface area contributed by atoms with Crippen molar-refractivity contribution in [2.75, 3.05) is 6.61 Å². The van der Waals surface area contributed by atoms with Crippen LogP contribution in [0, 0.1) is 5.82 Å². The molecular formula is C10H11FN2O5. The van der Waals surface area contributed by atoms with Crippen LogP contribution in [0.1, 0.15) is 6.04 Å². The largest absolute Gasteiger partial charge is 0.392 e. The molecule has 0 amide bonds. The molecule has 1 aliphatic rings. The zero-order valence-electron chi connectivity index (χ0n) is 9.08. The van der Waals surface area contributed by atoms with Gasteiger partial charge >= 0.3 is 5.69 Å². The summed E-state index contributed by atoms with van der Waals surface area (Å²) in [6.07, 6.45) is -0.815. The van der Waals surface area contributed by atoms with Crippen molar-refractivity contribution in [1.82, 2.24) is 9.55 Å². The van der Waals surface area contributed by atoms with Crippen LogP contribution in [-0.4, -0.2) is 43.7 Å². The van der Waals surface area contributed by atoms with E-state index in [0.717, 1.165) is 4.57 Å². The molecule has 0 aliphatic heterocycles. The number of hydrogen-bond donors (Lipinski definition) is 4. The average molecular weight is 258 g/mol. The number of aromatic amines is 1. The number of nitrogens with one attached hydrogen (secondary N) is 1. The third-order valence-electron chi connectivity index (χ3n) is 2.87. The Kier molecular flexibility index (Phi) is 3.16. The van der Waals surface area contributed by atoms with E-state index in [1.165, 1.54) is 6.08 Å². The number of rotatable bonds is 2. The topological polar surface area (TPSA) is 116 Å². The molecule has 8 heteroatoms. The third kappa shape index (κ3) is 1.90. The van der Waals surface area contributed by atoms with Gasteiger partial charge in [-0.15, -0.1) is 0 Å². The van der Waals surface area contributed by atoms with Crippen LogP contribution in [0.5, 0.6) is 0 Å². The van der Waals surface area contributed by atoms with E-state index in [1.807, 2.05) is 0 Å². The molecule has 0 aromatic carbocycles. The second-order valence-corrected chi connectivity index (χ2v) is 3.97.